The summed E-state index contributed by atoms with van der Waals surface area (Å²) in [7, 11) is -4.42. The van der Waals surface area contributed by atoms with Gasteiger partial charge in [-0.05, 0) is 54.1 Å². The Morgan fingerprint density at radius 1 is 0.551 bits per heavy atom. The van der Waals surface area contributed by atoms with Gasteiger partial charge in [-0.25, -0.2) is 24.8 Å². The lowest BCUT2D eigenvalue weighted by Crippen LogP contribution is -2.11. The van der Waals surface area contributed by atoms with Crippen LogP contribution in [0.2, 0.25) is 0 Å². The van der Waals surface area contributed by atoms with E-state index in [0.29, 0.717) is 34.5 Å². The number of benzene rings is 5. The smallest absolute Gasteiger partial charge is 0.268 e. The summed E-state index contributed by atoms with van der Waals surface area (Å²) in [6.45, 7) is 0.395. The van der Waals surface area contributed by atoms with E-state index < -0.39 is 20.0 Å². The Morgan fingerprint density at radius 3 is 1.49 bits per heavy atom. The fourth-order valence-electron chi connectivity index (χ4n) is 5.25. The minimum absolute atomic E-state index is 0.0279. The van der Waals surface area contributed by atoms with Crippen molar-refractivity contribution in [3.63, 3.8) is 0 Å². The highest BCUT2D eigenvalue weighted by molar-refractivity contribution is 7.90. The van der Waals surface area contributed by atoms with Gasteiger partial charge in [-0.2, -0.15) is 0 Å². The maximum Gasteiger partial charge on any atom is 0.268 e. The quantitative estimate of drug-likeness (QED) is 0.170. The topological polar surface area (TPSA) is 126 Å². The Kier molecular flexibility index (Phi) is 9.34. The van der Waals surface area contributed by atoms with Crippen molar-refractivity contribution < 1.29 is 36.2 Å². The number of fused-ring (bicyclic) bond motifs is 2. The third-order valence-electron chi connectivity index (χ3n) is 7.73. The zero-order valence-corrected chi connectivity index (χ0v) is 28.1. The number of hydrogen-bond donors (Lipinski definition) is 1. The van der Waals surface area contributed by atoms with E-state index in [1.54, 1.807) is 91.1 Å². The van der Waals surface area contributed by atoms with Gasteiger partial charge in [0, 0.05) is 35.3 Å². The molecule has 0 spiro atoms. The van der Waals surface area contributed by atoms with Crippen LogP contribution in [0.25, 0.3) is 21.8 Å². The molecule has 2 aromatic heterocycles. The van der Waals surface area contributed by atoms with Gasteiger partial charge in [0.15, 0.2) is 23.0 Å². The highest BCUT2D eigenvalue weighted by atomic mass is 32.2. The Balaban J connectivity index is 0.000000177. The fraction of sp³-hybridized carbons (Fsp3) is 0.0811. The SMILES string of the molecule is COc1cc2c(ccn2S(=O)(=O)c2ccccc2)cc1O.COc1cc2c(ccn2S(=O)(=O)c2ccccc2)cc1OCc1ccccc1. The van der Waals surface area contributed by atoms with Crippen molar-refractivity contribution in [2.75, 3.05) is 14.2 Å². The van der Waals surface area contributed by atoms with Crippen LogP contribution in [0, 0.1) is 0 Å². The van der Waals surface area contributed by atoms with Crippen LogP contribution in [0.5, 0.6) is 23.0 Å². The summed E-state index contributed by atoms with van der Waals surface area (Å²) in [5.41, 5.74) is 2.02. The number of methoxy groups -OCH3 is 2. The summed E-state index contributed by atoms with van der Waals surface area (Å²) >= 11 is 0. The molecule has 7 aromatic rings. The normalized spacial score (nSPS) is 11.6. The lowest BCUT2D eigenvalue weighted by molar-refractivity contribution is 0.285. The molecule has 12 heteroatoms. The number of rotatable bonds is 9. The zero-order valence-electron chi connectivity index (χ0n) is 26.5. The Labute approximate surface area is 284 Å². The van der Waals surface area contributed by atoms with E-state index in [4.69, 9.17) is 14.2 Å². The van der Waals surface area contributed by atoms with E-state index in [1.165, 1.54) is 40.5 Å². The molecule has 250 valence electrons. The molecule has 0 aliphatic rings. The van der Waals surface area contributed by atoms with E-state index >= 15 is 0 Å². The summed E-state index contributed by atoms with van der Waals surface area (Å²) in [5, 5.41) is 11.1. The van der Waals surface area contributed by atoms with Crippen molar-refractivity contribution in [3.05, 3.63) is 145 Å². The van der Waals surface area contributed by atoms with E-state index in [-0.39, 0.29) is 21.3 Å². The second-order valence-electron chi connectivity index (χ2n) is 10.8. The standard InChI is InChI=1S/C22H19NO4S.C15H13NO4S/c1-26-21-15-20-18(14-22(21)27-16-17-8-4-2-5-9-17)12-13-23(20)28(24,25)19-10-6-3-7-11-19;1-20-15-10-13-11(9-14(15)17)7-8-16(13)21(18,19)12-5-3-2-4-6-12/h2-15H,16H2,1H3;2-10,17H,1H3. The Hall–Kier alpha value is -5.72. The lowest BCUT2D eigenvalue weighted by Gasteiger charge is -2.13. The summed E-state index contributed by atoms with van der Waals surface area (Å²) in [6, 6.07) is 36.2. The largest absolute Gasteiger partial charge is 0.504 e. The minimum Gasteiger partial charge on any atom is -0.504 e. The van der Waals surface area contributed by atoms with Gasteiger partial charge in [0.25, 0.3) is 20.0 Å². The average molecular weight is 697 g/mol. The number of aromatic nitrogens is 2. The maximum absolute atomic E-state index is 13.0. The van der Waals surface area contributed by atoms with Crippen molar-refractivity contribution in [2.45, 2.75) is 16.4 Å². The predicted octanol–water partition coefficient (Wildman–Crippen LogP) is 7.06. The van der Waals surface area contributed by atoms with Gasteiger partial charge in [-0.1, -0.05) is 66.7 Å². The monoisotopic (exact) mass is 696 g/mol. The molecule has 1 N–H and O–H groups in total. The Bertz CT molecular complexity index is 2440. The van der Waals surface area contributed by atoms with Gasteiger partial charge in [-0.3, -0.25) is 0 Å². The zero-order chi connectivity index (χ0) is 34.6. The van der Waals surface area contributed by atoms with E-state index in [1.807, 2.05) is 30.3 Å². The summed E-state index contributed by atoms with van der Waals surface area (Å²) < 4.78 is 70.1. The molecular weight excluding hydrogens is 665 g/mol. The van der Waals surface area contributed by atoms with Crippen LogP contribution in [0.15, 0.2) is 150 Å². The van der Waals surface area contributed by atoms with Gasteiger partial charge in [-0.15, -0.1) is 0 Å². The predicted molar refractivity (Wildman–Crippen MR) is 187 cm³/mol. The van der Waals surface area contributed by atoms with Crippen molar-refractivity contribution in [2.24, 2.45) is 0 Å². The van der Waals surface area contributed by atoms with Gasteiger partial charge in [0.2, 0.25) is 0 Å². The van der Waals surface area contributed by atoms with Crippen LogP contribution in [-0.4, -0.2) is 44.1 Å². The Morgan fingerprint density at radius 2 is 1.00 bits per heavy atom. The van der Waals surface area contributed by atoms with E-state index in [2.05, 4.69) is 0 Å². The van der Waals surface area contributed by atoms with Crippen LogP contribution in [0.1, 0.15) is 5.56 Å². The second-order valence-corrected chi connectivity index (χ2v) is 14.4. The third-order valence-corrected chi connectivity index (χ3v) is 11.1. The van der Waals surface area contributed by atoms with Crippen molar-refractivity contribution in [1.82, 2.24) is 7.94 Å². The van der Waals surface area contributed by atoms with Crippen LogP contribution in [0.3, 0.4) is 0 Å². The molecule has 2 heterocycles. The van der Waals surface area contributed by atoms with Crippen LogP contribution in [-0.2, 0) is 26.7 Å². The summed E-state index contributed by atoms with van der Waals surface area (Å²) in [4.78, 5) is 0.436. The molecule has 0 fully saturated rings. The van der Waals surface area contributed by atoms with Crippen LogP contribution < -0.4 is 14.2 Å². The number of phenolic OH excluding ortho intramolecular Hbond substituents is 1. The number of phenols is 1. The molecule has 0 radical (unpaired) electrons. The van der Waals surface area contributed by atoms with Gasteiger partial charge in [0.05, 0.1) is 35.0 Å². The number of nitrogens with zero attached hydrogens (tertiary/aromatic N) is 2. The van der Waals surface area contributed by atoms with Crippen molar-refractivity contribution in [3.8, 4) is 23.0 Å². The molecule has 0 bridgehead atoms. The van der Waals surface area contributed by atoms with E-state index in [9.17, 15) is 21.9 Å². The molecule has 5 aromatic carbocycles. The highest BCUT2D eigenvalue weighted by Crippen LogP contribution is 2.35. The molecule has 0 amide bonds. The fourth-order valence-corrected chi connectivity index (χ4v) is 7.98. The number of aromatic hydroxyl groups is 1. The first-order valence-corrected chi connectivity index (χ1v) is 17.9. The molecule has 0 atom stereocenters. The first-order valence-electron chi connectivity index (χ1n) is 15.0. The van der Waals surface area contributed by atoms with Crippen molar-refractivity contribution >= 4 is 41.9 Å². The van der Waals surface area contributed by atoms with Gasteiger partial charge < -0.3 is 19.3 Å². The molecule has 0 aliphatic heterocycles. The van der Waals surface area contributed by atoms with Crippen LogP contribution in [0.4, 0.5) is 0 Å². The van der Waals surface area contributed by atoms with Crippen molar-refractivity contribution in [1.29, 1.82) is 0 Å². The molecule has 0 saturated carbocycles. The average Bonchev–Trinajstić information content (AvgIpc) is 3.75. The molecule has 10 nitrogen and oxygen atoms in total. The molecule has 49 heavy (non-hydrogen) atoms. The molecule has 7 rings (SSSR count). The van der Waals surface area contributed by atoms with Gasteiger partial charge in [0.1, 0.15) is 6.61 Å². The lowest BCUT2D eigenvalue weighted by atomic mass is 10.2. The third kappa shape index (κ3) is 6.69. The molecular formula is C37H32N2O8S2. The van der Waals surface area contributed by atoms with Crippen LogP contribution >= 0.6 is 0 Å². The molecule has 0 saturated heterocycles. The molecule has 0 aliphatic carbocycles. The minimum atomic E-state index is -3.70. The first-order chi connectivity index (χ1) is 23.6. The summed E-state index contributed by atoms with van der Waals surface area (Å²) in [6.07, 6.45) is 3.01. The summed E-state index contributed by atoms with van der Waals surface area (Å²) in [5.74, 6) is 1.24. The second kappa shape index (κ2) is 13.8. The number of ether oxygens (including phenoxy) is 3. The van der Waals surface area contributed by atoms with E-state index in [0.717, 1.165) is 10.9 Å². The maximum atomic E-state index is 13.0. The first kappa shape index (κ1) is 33.2. The highest BCUT2D eigenvalue weighted by Gasteiger charge is 2.21. The number of hydrogen-bond acceptors (Lipinski definition) is 8. The van der Waals surface area contributed by atoms with Gasteiger partial charge >= 0.3 is 0 Å². The molecule has 0 unspecified atom stereocenters.